The van der Waals surface area contributed by atoms with Gasteiger partial charge in [0.2, 0.25) is 5.78 Å². The number of unbranched alkanes of at least 4 members (excludes halogenated alkanes) is 15. The highest BCUT2D eigenvalue weighted by molar-refractivity contribution is 8.17. The molecule has 0 radical (unpaired) electrons. The SMILES string of the molecule is CCCCCCCCCCCCCCCCCC/[O+]=C1N=N/C(=C2/C(=O)C(c3nnc(C)s3)=C2O)S\1. The van der Waals surface area contributed by atoms with E-state index in [9.17, 15) is 9.90 Å². The molecule has 0 saturated carbocycles. The Kier molecular flexibility index (Phi) is 12.8. The Labute approximate surface area is 223 Å². The number of thioether (sulfide) groups is 1. The fraction of sp³-hybridized carbons (Fsp3) is 0.704. The van der Waals surface area contributed by atoms with Crippen molar-refractivity contribution >= 4 is 39.7 Å². The molecule has 0 atom stereocenters. The van der Waals surface area contributed by atoms with Crippen molar-refractivity contribution in [3.8, 4) is 0 Å². The van der Waals surface area contributed by atoms with Gasteiger partial charge in [-0.1, -0.05) is 108 Å². The van der Waals surface area contributed by atoms with E-state index in [0.717, 1.165) is 17.8 Å². The number of allylic oxidation sites excluding steroid dienone is 2. The van der Waals surface area contributed by atoms with Crippen LogP contribution in [0.3, 0.4) is 0 Å². The number of aromatic nitrogens is 2. The van der Waals surface area contributed by atoms with Gasteiger partial charge in [0, 0.05) is 6.42 Å². The Morgan fingerprint density at radius 1 is 0.750 bits per heavy atom. The van der Waals surface area contributed by atoms with E-state index in [1.54, 1.807) is 6.92 Å². The molecule has 1 aromatic rings. The number of Topliss-reactive ketones (excluding diaryl/α,β-unsaturated/α-hetero) is 1. The van der Waals surface area contributed by atoms with Gasteiger partial charge in [-0.3, -0.25) is 4.79 Å². The lowest BCUT2D eigenvalue weighted by Crippen LogP contribution is -2.22. The number of aliphatic hydroxyl groups is 1. The third kappa shape index (κ3) is 8.91. The van der Waals surface area contributed by atoms with E-state index in [2.05, 4.69) is 27.3 Å². The van der Waals surface area contributed by atoms with Crippen LogP contribution >= 0.6 is 23.1 Å². The summed E-state index contributed by atoms with van der Waals surface area (Å²) in [6.07, 6.45) is 21.4. The molecule has 1 N–H and O–H groups in total. The number of amides is 1. The van der Waals surface area contributed by atoms with Crippen LogP contribution in [0.5, 0.6) is 0 Å². The zero-order valence-corrected chi connectivity index (χ0v) is 23.5. The lowest BCUT2D eigenvalue weighted by Gasteiger charge is -2.18. The maximum Gasteiger partial charge on any atom is 0.505 e. The van der Waals surface area contributed by atoms with Crippen LogP contribution < -0.4 is 0 Å². The molecule has 36 heavy (non-hydrogen) atoms. The molecular weight excluding hydrogens is 492 g/mol. The highest BCUT2D eigenvalue weighted by Crippen LogP contribution is 2.43. The Morgan fingerprint density at radius 3 is 1.81 bits per heavy atom. The van der Waals surface area contributed by atoms with Gasteiger partial charge in [0.15, 0.2) is 5.01 Å². The van der Waals surface area contributed by atoms with Gasteiger partial charge in [-0.05, 0) is 18.5 Å². The second kappa shape index (κ2) is 16.1. The number of carbonyl (C=O) groups excluding carboxylic acids is 2. The predicted octanol–water partition coefficient (Wildman–Crippen LogP) is 9.03. The molecule has 2 aliphatic rings. The summed E-state index contributed by atoms with van der Waals surface area (Å²) >= 11 is 2.46. The van der Waals surface area contributed by atoms with Crippen molar-refractivity contribution in [2.75, 3.05) is 6.61 Å². The van der Waals surface area contributed by atoms with Gasteiger partial charge < -0.3 is 5.11 Å². The number of nitrogens with zero attached hydrogens (tertiary/aromatic N) is 4. The minimum Gasteiger partial charge on any atom is -0.506 e. The first-order valence-electron chi connectivity index (χ1n) is 13.7. The fourth-order valence-electron chi connectivity index (χ4n) is 4.38. The summed E-state index contributed by atoms with van der Waals surface area (Å²) in [6, 6.07) is 0. The summed E-state index contributed by atoms with van der Waals surface area (Å²) in [5.74, 6) is -0.360. The van der Waals surface area contributed by atoms with Crippen LogP contribution in [-0.2, 0) is 4.79 Å². The van der Waals surface area contributed by atoms with Gasteiger partial charge in [-0.25, -0.2) is 4.42 Å². The normalized spacial score (nSPS) is 18.6. The number of carbonyl (C=O) groups is 1. The molecular formula is C27H41N4O3S2+. The first kappa shape index (κ1) is 28.7. The largest absolute Gasteiger partial charge is 0.506 e. The van der Waals surface area contributed by atoms with Gasteiger partial charge in [-0.2, -0.15) is 0 Å². The lowest BCUT2D eigenvalue weighted by molar-refractivity contribution is -0.132. The molecule has 198 valence electrons. The Bertz CT molecular complexity index is 981. The highest BCUT2D eigenvalue weighted by atomic mass is 32.2. The maximum atomic E-state index is 12.5. The first-order valence-corrected chi connectivity index (χ1v) is 15.4. The average molecular weight is 534 g/mol. The number of hydrogen-bond donors (Lipinski definition) is 1. The predicted molar refractivity (Wildman–Crippen MR) is 148 cm³/mol. The number of azo groups is 1. The van der Waals surface area contributed by atoms with E-state index in [1.807, 2.05) is 0 Å². The summed E-state index contributed by atoms with van der Waals surface area (Å²) in [4.78, 5) is 12.5. The number of rotatable bonds is 18. The van der Waals surface area contributed by atoms with Crippen molar-refractivity contribution in [2.45, 2.75) is 117 Å². The number of ketones is 1. The summed E-state index contributed by atoms with van der Waals surface area (Å²) < 4.78 is 5.71. The molecule has 3 rings (SSSR count). The minimum absolute atomic E-state index is 0.0864. The number of aliphatic hydroxyl groups excluding tert-OH is 1. The molecule has 0 saturated heterocycles. The van der Waals surface area contributed by atoms with Crippen LogP contribution in [0.1, 0.15) is 120 Å². The molecule has 1 aromatic heterocycles. The topological polar surface area (TPSA) is 99.1 Å². The zero-order chi connectivity index (χ0) is 25.6. The third-order valence-corrected chi connectivity index (χ3v) is 8.22. The van der Waals surface area contributed by atoms with E-state index in [-0.39, 0.29) is 22.7 Å². The summed E-state index contributed by atoms with van der Waals surface area (Å²) in [5, 5.41) is 28.2. The third-order valence-electron chi connectivity index (χ3n) is 6.51. The number of hydrogen-bond acceptors (Lipinski definition) is 7. The van der Waals surface area contributed by atoms with Crippen LogP contribution in [0, 0.1) is 6.92 Å². The molecule has 0 bridgehead atoms. The smallest absolute Gasteiger partial charge is 0.505 e. The summed E-state index contributed by atoms with van der Waals surface area (Å²) in [6.45, 7) is 4.67. The molecule has 0 fully saturated rings. The van der Waals surface area contributed by atoms with Crippen LogP contribution in [0.15, 0.2) is 26.6 Å². The molecule has 9 heteroatoms. The van der Waals surface area contributed by atoms with Crippen molar-refractivity contribution in [3.63, 3.8) is 0 Å². The Morgan fingerprint density at radius 2 is 1.31 bits per heavy atom. The van der Waals surface area contributed by atoms with E-state index >= 15 is 0 Å². The highest BCUT2D eigenvalue weighted by Gasteiger charge is 2.42. The first-order chi connectivity index (χ1) is 17.6. The maximum absolute atomic E-state index is 12.5. The molecule has 0 aromatic carbocycles. The van der Waals surface area contributed by atoms with Gasteiger partial charge in [0.05, 0.1) is 11.8 Å². The minimum atomic E-state index is -0.274. The van der Waals surface area contributed by atoms with Crippen molar-refractivity contribution in [1.29, 1.82) is 0 Å². The zero-order valence-electron chi connectivity index (χ0n) is 21.9. The van der Waals surface area contributed by atoms with Crippen LogP contribution in [0.25, 0.3) is 5.57 Å². The van der Waals surface area contributed by atoms with Crippen molar-refractivity contribution < 1.29 is 14.3 Å². The molecule has 1 amide bonds. The Balaban J connectivity index is 1.19. The van der Waals surface area contributed by atoms with Crippen LogP contribution in [0.4, 0.5) is 4.42 Å². The second-order valence-corrected chi connectivity index (χ2v) is 11.7. The van der Waals surface area contributed by atoms with E-state index in [0.29, 0.717) is 21.9 Å². The lowest BCUT2D eigenvalue weighted by atomic mass is 9.89. The average Bonchev–Trinajstić information content (AvgIpc) is 3.50. The quantitative estimate of drug-likeness (QED) is 0.115. The standard InChI is InChI=1S/C27H40N4O3S2/c1-3-4-5-6-7-8-9-10-11-12-13-14-15-16-17-18-19-34-27-31-30-26(36-27)22-23(32)21(24(22)33)25-29-28-20(2)35-25/h3-19H2,1-2H3/p+1. The van der Waals surface area contributed by atoms with Crippen molar-refractivity contribution in [2.24, 2.45) is 10.2 Å². The van der Waals surface area contributed by atoms with Gasteiger partial charge in [0.25, 0.3) is 6.61 Å². The van der Waals surface area contributed by atoms with E-state index < -0.39 is 0 Å². The molecule has 7 nitrogen and oxygen atoms in total. The summed E-state index contributed by atoms with van der Waals surface area (Å²) in [7, 11) is 0. The van der Waals surface area contributed by atoms with E-state index in [4.69, 9.17) is 4.42 Å². The molecule has 2 heterocycles. The monoisotopic (exact) mass is 533 g/mol. The van der Waals surface area contributed by atoms with Crippen LogP contribution in [0.2, 0.25) is 0 Å². The van der Waals surface area contributed by atoms with Crippen molar-refractivity contribution in [3.05, 3.63) is 26.4 Å². The van der Waals surface area contributed by atoms with Gasteiger partial charge >= 0.3 is 5.24 Å². The Hall–Kier alpha value is -1.87. The van der Waals surface area contributed by atoms with Crippen molar-refractivity contribution in [1.82, 2.24) is 10.2 Å². The van der Waals surface area contributed by atoms with Gasteiger partial charge in [-0.15, -0.1) is 15.3 Å². The molecule has 0 spiro atoms. The number of aryl methyl sites for hydroxylation is 1. The fourth-order valence-corrected chi connectivity index (χ4v) is 5.87. The molecule has 1 aliphatic carbocycles. The van der Waals surface area contributed by atoms with Crippen LogP contribution in [-0.4, -0.2) is 32.9 Å². The van der Waals surface area contributed by atoms with E-state index in [1.165, 1.54) is 113 Å². The summed E-state index contributed by atoms with van der Waals surface area (Å²) in [5.41, 5.74) is 0.397. The molecule has 0 unspecified atom stereocenters. The van der Waals surface area contributed by atoms with Gasteiger partial charge in [0.1, 0.15) is 26.9 Å². The molecule has 1 aliphatic heterocycles. The second-order valence-electron chi connectivity index (χ2n) is 9.58.